The molecule has 0 radical (unpaired) electrons. The number of nitrogens with zero attached hydrogens (tertiary/aromatic N) is 1. The number of benzene rings is 1. The summed E-state index contributed by atoms with van der Waals surface area (Å²) in [6.07, 6.45) is 1.19. The summed E-state index contributed by atoms with van der Waals surface area (Å²) >= 11 is 5.90. The molecule has 1 rings (SSSR count). The van der Waals surface area contributed by atoms with Gasteiger partial charge in [-0.25, -0.2) is 8.42 Å². The minimum Gasteiger partial charge on any atom is -0.378 e. The van der Waals surface area contributed by atoms with Crippen molar-refractivity contribution in [3.63, 3.8) is 0 Å². The molecule has 0 aliphatic carbocycles. The van der Waals surface area contributed by atoms with Gasteiger partial charge >= 0.3 is 0 Å². The van der Waals surface area contributed by atoms with E-state index in [9.17, 15) is 8.42 Å². The molecule has 1 unspecified atom stereocenters. The molecule has 0 spiro atoms. The zero-order chi connectivity index (χ0) is 18.0. The highest BCUT2D eigenvalue weighted by Gasteiger charge is 2.07. The average Bonchev–Trinajstić information content (AvgIpc) is 2.50. The molecule has 1 atom stereocenters. The Labute approximate surface area is 172 Å². The lowest BCUT2D eigenvalue weighted by molar-refractivity contribution is 0.157. The Morgan fingerprint density at radius 1 is 1.28 bits per heavy atom. The van der Waals surface area contributed by atoms with Gasteiger partial charge in [0.1, 0.15) is 9.84 Å². The zero-order valence-corrected chi connectivity index (χ0v) is 18.7. The van der Waals surface area contributed by atoms with E-state index in [-0.39, 0.29) is 42.4 Å². The van der Waals surface area contributed by atoms with Gasteiger partial charge in [0.05, 0.1) is 31.6 Å². The van der Waals surface area contributed by atoms with Crippen LogP contribution in [-0.2, 0) is 14.6 Å². The SMILES string of the molecule is CCNC(=NCCOCCS(C)(=O)=O)NC(C)c1ccc(Cl)cc1.I. The molecule has 0 aliphatic heterocycles. The van der Waals surface area contributed by atoms with Crippen molar-refractivity contribution in [3.05, 3.63) is 34.9 Å². The third-order valence-corrected chi connectivity index (χ3v) is 4.33. The van der Waals surface area contributed by atoms with Gasteiger partial charge in [0.25, 0.3) is 0 Å². The number of hydrogen-bond donors (Lipinski definition) is 2. The first-order valence-corrected chi connectivity index (χ1v) is 10.3. The lowest BCUT2D eigenvalue weighted by atomic mass is 10.1. The fraction of sp³-hybridized carbons (Fsp3) is 0.562. The number of ether oxygens (including phenoxy) is 1. The molecule has 144 valence electrons. The van der Waals surface area contributed by atoms with Gasteiger partial charge in [0.2, 0.25) is 0 Å². The maximum Gasteiger partial charge on any atom is 0.191 e. The van der Waals surface area contributed by atoms with Gasteiger partial charge in [-0.15, -0.1) is 24.0 Å². The molecule has 1 aromatic rings. The van der Waals surface area contributed by atoms with Crippen LogP contribution in [0.5, 0.6) is 0 Å². The van der Waals surface area contributed by atoms with Gasteiger partial charge in [0.15, 0.2) is 5.96 Å². The van der Waals surface area contributed by atoms with Crippen molar-refractivity contribution in [1.29, 1.82) is 0 Å². The summed E-state index contributed by atoms with van der Waals surface area (Å²) in [6, 6.07) is 7.73. The normalized spacial score (nSPS) is 13.0. The van der Waals surface area contributed by atoms with Crippen LogP contribution in [-0.4, -0.2) is 52.7 Å². The summed E-state index contributed by atoms with van der Waals surface area (Å²) < 4.78 is 27.3. The molecule has 0 saturated carbocycles. The second-order valence-electron chi connectivity index (χ2n) is 5.42. The highest BCUT2D eigenvalue weighted by atomic mass is 127. The van der Waals surface area contributed by atoms with E-state index in [4.69, 9.17) is 16.3 Å². The second-order valence-corrected chi connectivity index (χ2v) is 8.12. The molecule has 0 aliphatic rings. The van der Waals surface area contributed by atoms with E-state index in [1.165, 1.54) is 6.26 Å². The number of nitrogens with one attached hydrogen (secondary N) is 2. The lowest BCUT2D eigenvalue weighted by Crippen LogP contribution is -2.39. The van der Waals surface area contributed by atoms with Crippen molar-refractivity contribution < 1.29 is 13.2 Å². The minimum atomic E-state index is -2.98. The van der Waals surface area contributed by atoms with Gasteiger partial charge in [-0.05, 0) is 31.5 Å². The third-order valence-electron chi connectivity index (χ3n) is 3.17. The van der Waals surface area contributed by atoms with Crippen LogP contribution < -0.4 is 10.6 Å². The summed E-state index contributed by atoms with van der Waals surface area (Å²) in [5, 5.41) is 7.19. The predicted molar refractivity (Wildman–Crippen MR) is 115 cm³/mol. The van der Waals surface area contributed by atoms with Crippen molar-refractivity contribution in [2.45, 2.75) is 19.9 Å². The maximum absolute atomic E-state index is 11.0. The third kappa shape index (κ3) is 11.6. The smallest absolute Gasteiger partial charge is 0.191 e. The first-order chi connectivity index (χ1) is 11.3. The molecule has 6 nitrogen and oxygen atoms in total. The Hall–Kier alpha value is -0.580. The van der Waals surface area contributed by atoms with Crippen LogP contribution in [0.4, 0.5) is 0 Å². The van der Waals surface area contributed by atoms with Crippen LogP contribution in [0.1, 0.15) is 25.5 Å². The second kappa shape index (κ2) is 12.7. The fourth-order valence-corrected chi connectivity index (χ4v) is 2.44. The van der Waals surface area contributed by atoms with Crippen LogP contribution in [0.15, 0.2) is 29.3 Å². The number of sulfone groups is 1. The molecule has 0 amide bonds. The first kappa shape index (κ1) is 24.4. The van der Waals surface area contributed by atoms with Gasteiger partial charge in [0, 0.05) is 17.8 Å². The summed E-state index contributed by atoms with van der Waals surface area (Å²) in [7, 11) is -2.98. The highest BCUT2D eigenvalue weighted by Crippen LogP contribution is 2.15. The molecule has 25 heavy (non-hydrogen) atoms. The van der Waals surface area contributed by atoms with E-state index in [0.717, 1.165) is 12.1 Å². The Morgan fingerprint density at radius 3 is 2.48 bits per heavy atom. The average molecular weight is 504 g/mol. The molecule has 9 heteroatoms. The molecule has 0 saturated heterocycles. The summed E-state index contributed by atoms with van der Waals surface area (Å²) in [6.45, 7) is 5.80. The Balaban J connectivity index is 0.00000576. The summed E-state index contributed by atoms with van der Waals surface area (Å²) in [5.41, 5.74) is 1.11. The van der Waals surface area contributed by atoms with Gasteiger partial charge in [-0.1, -0.05) is 23.7 Å². The van der Waals surface area contributed by atoms with Crippen LogP contribution in [0, 0.1) is 0 Å². The van der Waals surface area contributed by atoms with Crippen molar-refractivity contribution in [3.8, 4) is 0 Å². The topological polar surface area (TPSA) is 79.8 Å². The van der Waals surface area contributed by atoms with E-state index in [2.05, 4.69) is 15.6 Å². The highest BCUT2D eigenvalue weighted by molar-refractivity contribution is 14.0. The number of hydrogen-bond acceptors (Lipinski definition) is 4. The Bertz CT molecular complexity index is 624. The molecular formula is C16H27ClIN3O3S. The van der Waals surface area contributed by atoms with Crippen molar-refractivity contribution in [1.82, 2.24) is 10.6 Å². The van der Waals surface area contributed by atoms with E-state index in [1.54, 1.807) is 0 Å². The van der Waals surface area contributed by atoms with Crippen LogP contribution >= 0.6 is 35.6 Å². The molecule has 0 aromatic heterocycles. The predicted octanol–water partition coefficient (Wildman–Crippen LogP) is 2.64. The summed E-state index contributed by atoms with van der Waals surface area (Å²) in [4.78, 5) is 4.42. The molecule has 0 heterocycles. The maximum atomic E-state index is 11.0. The monoisotopic (exact) mass is 503 g/mol. The largest absolute Gasteiger partial charge is 0.378 e. The van der Waals surface area contributed by atoms with Gasteiger partial charge in [-0.3, -0.25) is 4.99 Å². The van der Waals surface area contributed by atoms with Crippen LogP contribution in [0.2, 0.25) is 5.02 Å². The van der Waals surface area contributed by atoms with Crippen LogP contribution in [0.3, 0.4) is 0 Å². The molecular weight excluding hydrogens is 477 g/mol. The summed E-state index contributed by atoms with van der Waals surface area (Å²) in [5.74, 6) is 0.717. The zero-order valence-electron chi connectivity index (χ0n) is 14.8. The van der Waals surface area contributed by atoms with Crippen molar-refractivity contribution >= 4 is 51.4 Å². The van der Waals surface area contributed by atoms with E-state index in [1.807, 2.05) is 38.1 Å². The van der Waals surface area contributed by atoms with Crippen LogP contribution in [0.25, 0.3) is 0 Å². The van der Waals surface area contributed by atoms with Gasteiger partial charge < -0.3 is 15.4 Å². The standard InChI is InChI=1S/C16H26ClN3O3S.HI/c1-4-18-16(19-9-10-23-11-12-24(3,21)22)20-13(2)14-5-7-15(17)8-6-14;/h5-8,13H,4,9-12H2,1-3H3,(H2,18,19,20);1H. The van der Waals surface area contributed by atoms with E-state index < -0.39 is 9.84 Å². The molecule has 2 N–H and O–H groups in total. The van der Waals surface area contributed by atoms with E-state index >= 15 is 0 Å². The quantitative estimate of drug-likeness (QED) is 0.234. The van der Waals surface area contributed by atoms with Crippen molar-refractivity contribution in [2.24, 2.45) is 4.99 Å². The Morgan fingerprint density at radius 2 is 1.92 bits per heavy atom. The van der Waals surface area contributed by atoms with Gasteiger partial charge in [-0.2, -0.15) is 0 Å². The Kier molecular flexibility index (Phi) is 12.4. The lowest BCUT2D eigenvalue weighted by Gasteiger charge is -2.18. The molecule has 1 aromatic carbocycles. The fourth-order valence-electron chi connectivity index (χ4n) is 1.89. The number of rotatable bonds is 9. The van der Waals surface area contributed by atoms with Crippen molar-refractivity contribution in [2.75, 3.05) is 38.3 Å². The number of halogens is 2. The first-order valence-electron chi connectivity index (χ1n) is 7.87. The van der Waals surface area contributed by atoms with E-state index in [0.29, 0.717) is 24.1 Å². The minimum absolute atomic E-state index is 0. The molecule has 0 fully saturated rings. The number of guanidine groups is 1. The molecule has 0 bridgehead atoms. The number of aliphatic imine (C=N–C) groups is 1.